The van der Waals surface area contributed by atoms with Gasteiger partial charge in [-0.1, -0.05) is 42.5 Å². The van der Waals surface area contributed by atoms with Crippen molar-refractivity contribution in [2.24, 2.45) is 0 Å². The Balaban J connectivity index is 1.49. The van der Waals surface area contributed by atoms with E-state index in [-0.39, 0.29) is 11.6 Å². The summed E-state index contributed by atoms with van der Waals surface area (Å²) in [5.41, 5.74) is 2.31. The van der Waals surface area contributed by atoms with Crippen LogP contribution < -0.4 is 10.2 Å². The minimum Gasteiger partial charge on any atom is -0.368 e. The van der Waals surface area contributed by atoms with Crippen molar-refractivity contribution in [3.05, 3.63) is 81.9 Å². The van der Waals surface area contributed by atoms with Crippen LogP contribution >= 0.6 is 0 Å². The minimum atomic E-state index is -0.474. The van der Waals surface area contributed by atoms with E-state index in [9.17, 15) is 14.9 Å². The molecule has 0 bridgehead atoms. The molecular formula is C23H24N4O3. The predicted molar refractivity (Wildman–Crippen MR) is 118 cm³/mol. The van der Waals surface area contributed by atoms with Crippen molar-refractivity contribution < 1.29 is 9.72 Å². The maximum Gasteiger partial charge on any atom is 0.270 e. The monoisotopic (exact) mass is 404 g/mol. The van der Waals surface area contributed by atoms with E-state index >= 15 is 0 Å². The van der Waals surface area contributed by atoms with Gasteiger partial charge in [0.2, 0.25) is 0 Å². The highest BCUT2D eigenvalue weighted by Gasteiger charge is 2.23. The Hall–Kier alpha value is -3.45. The van der Waals surface area contributed by atoms with Gasteiger partial charge >= 0.3 is 0 Å². The van der Waals surface area contributed by atoms with E-state index < -0.39 is 4.92 Å². The van der Waals surface area contributed by atoms with Crippen molar-refractivity contribution in [2.45, 2.75) is 6.54 Å². The fourth-order valence-corrected chi connectivity index (χ4v) is 4.05. The van der Waals surface area contributed by atoms with Crippen LogP contribution in [0.3, 0.4) is 0 Å². The summed E-state index contributed by atoms with van der Waals surface area (Å²) in [6.07, 6.45) is 0. The molecule has 0 aromatic heterocycles. The fourth-order valence-electron chi connectivity index (χ4n) is 4.05. The third kappa shape index (κ3) is 3.97. The van der Waals surface area contributed by atoms with Gasteiger partial charge in [-0.15, -0.1) is 0 Å². The Morgan fingerprint density at radius 3 is 2.50 bits per heavy atom. The zero-order valence-electron chi connectivity index (χ0n) is 16.9. The molecule has 1 amide bonds. The predicted octanol–water partition coefficient (Wildman–Crippen LogP) is 3.43. The van der Waals surface area contributed by atoms with Gasteiger partial charge in [0.1, 0.15) is 0 Å². The average molecular weight is 404 g/mol. The molecule has 7 nitrogen and oxygen atoms in total. The summed E-state index contributed by atoms with van der Waals surface area (Å²) in [5.74, 6) is -0.313. The third-order valence-corrected chi connectivity index (χ3v) is 5.65. The van der Waals surface area contributed by atoms with Gasteiger partial charge in [-0.05, 0) is 22.4 Å². The summed E-state index contributed by atoms with van der Waals surface area (Å²) in [7, 11) is 1.53. The van der Waals surface area contributed by atoms with Crippen molar-refractivity contribution in [3.8, 4) is 0 Å². The summed E-state index contributed by atoms with van der Waals surface area (Å²) >= 11 is 0. The molecule has 0 aliphatic carbocycles. The number of hydrogen-bond acceptors (Lipinski definition) is 5. The van der Waals surface area contributed by atoms with Crippen LogP contribution in [-0.2, 0) is 6.54 Å². The van der Waals surface area contributed by atoms with E-state index in [0.717, 1.165) is 38.4 Å². The van der Waals surface area contributed by atoms with Crippen LogP contribution in [0, 0.1) is 10.1 Å². The first-order valence-electron chi connectivity index (χ1n) is 10.0. The van der Waals surface area contributed by atoms with Crippen LogP contribution in [0.4, 0.5) is 11.4 Å². The molecule has 0 unspecified atom stereocenters. The number of rotatable bonds is 5. The lowest BCUT2D eigenvalue weighted by molar-refractivity contribution is -0.384. The number of anilines is 1. The number of nitro benzene ring substituents is 1. The Morgan fingerprint density at radius 1 is 1.03 bits per heavy atom. The topological polar surface area (TPSA) is 78.7 Å². The van der Waals surface area contributed by atoms with E-state index in [1.807, 2.05) is 0 Å². The van der Waals surface area contributed by atoms with Gasteiger partial charge in [-0.25, -0.2) is 0 Å². The minimum absolute atomic E-state index is 0.0769. The number of carbonyl (C=O) groups is 1. The molecule has 1 N–H and O–H groups in total. The molecule has 3 aromatic carbocycles. The standard InChI is InChI=1S/C23H24N4O3/c1-24-23(28)21-15-19(27(29)30)9-10-22(21)26-13-11-25(12-14-26)16-18-7-4-6-17-5-2-3-8-20(17)18/h2-10,15H,11-14,16H2,1H3,(H,24,28). The van der Waals surface area contributed by atoms with Crippen molar-refractivity contribution in [2.75, 3.05) is 38.1 Å². The first-order chi connectivity index (χ1) is 14.6. The zero-order chi connectivity index (χ0) is 21.1. The number of benzene rings is 3. The molecule has 30 heavy (non-hydrogen) atoms. The molecule has 0 atom stereocenters. The molecule has 3 aromatic rings. The smallest absolute Gasteiger partial charge is 0.270 e. The number of carbonyl (C=O) groups excluding carboxylic acids is 1. The van der Waals surface area contributed by atoms with Gasteiger partial charge in [0.05, 0.1) is 16.2 Å². The SMILES string of the molecule is CNC(=O)c1cc([N+](=O)[O-])ccc1N1CCN(Cc2cccc3ccccc23)CC1. The molecule has 1 saturated heterocycles. The molecular weight excluding hydrogens is 380 g/mol. The number of fused-ring (bicyclic) bond motifs is 1. The molecule has 1 aliphatic rings. The Labute approximate surface area is 175 Å². The Kier molecular flexibility index (Phi) is 5.63. The molecule has 4 rings (SSSR count). The maximum atomic E-state index is 12.3. The van der Waals surface area contributed by atoms with Gasteiger partial charge in [0, 0.05) is 51.9 Å². The highest BCUT2D eigenvalue weighted by molar-refractivity contribution is 6.00. The molecule has 1 heterocycles. The van der Waals surface area contributed by atoms with Crippen LogP contribution in [0.2, 0.25) is 0 Å². The molecule has 7 heteroatoms. The number of nitrogens with zero attached hydrogens (tertiary/aromatic N) is 3. The molecule has 0 saturated carbocycles. The van der Waals surface area contributed by atoms with Crippen molar-refractivity contribution in [1.29, 1.82) is 0 Å². The molecule has 1 aliphatic heterocycles. The van der Waals surface area contributed by atoms with Crippen LogP contribution in [0.25, 0.3) is 10.8 Å². The summed E-state index contributed by atoms with van der Waals surface area (Å²) in [5, 5.41) is 16.2. The van der Waals surface area contributed by atoms with Crippen LogP contribution in [-0.4, -0.2) is 49.0 Å². The van der Waals surface area contributed by atoms with Crippen molar-refractivity contribution in [3.63, 3.8) is 0 Å². The maximum absolute atomic E-state index is 12.3. The van der Waals surface area contributed by atoms with Crippen molar-refractivity contribution in [1.82, 2.24) is 10.2 Å². The fraction of sp³-hybridized carbons (Fsp3) is 0.261. The number of amides is 1. The lowest BCUT2D eigenvalue weighted by Crippen LogP contribution is -2.46. The van der Waals surface area contributed by atoms with Gasteiger partial charge in [-0.2, -0.15) is 0 Å². The van der Waals surface area contributed by atoms with Crippen LogP contribution in [0.5, 0.6) is 0 Å². The lowest BCUT2D eigenvalue weighted by Gasteiger charge is -2.37. The van der Waals surface area contributed by atoms with Gasteiger partial charge in [0.25, 0.3) is 11.6 Å². The van der Waals surface area contributed by atoms with E-state index in [1.165, 1.54) is 35.5 Å². The summed E-state index contributed by atoms with van der Waals surface area (Å²) in [6.45, 7) is 4.09. The highest BCUT2D eigenvalue weighted by atomic mass is 16.6. The lowest BCUT2D eigenvalue weighted by atomic mass is 10.0. The second-order valence-electron chi connectivity index (χ2n) is 7.44. The normalized spacial score (nSPS) is 14.6. The molecule has 0 spiro atoms. The largest absolute Gasteiger partial charge is 0.368 e. The highest BCUT2D eigenvalue weighted by Crippen LogP contribution is 2.27. The van der Waals surface area contributed by atoms with E-state index in [0.29, 0.717) is 5.56 Å². The quantitative estimate of drug-likeness (QED) is 0.521. The van der Waals surface area contributed by atoms with Crippen LogP contribution in [0.15, 0.2) is 60.7 Å². The number of nitro groups is 1. The number of piperazine rings is 1. The van der Waals surface area contributed by atoms with E-state index in [1.54, 1.807) is 6.07 Å². The number of hydrogen-bond donors (Lipinski definition) is 1. The van der Waals surface area contributed by atoms with Crippen molar-refractivity contribution >= 4 is 28.1 Å². The summed E-state index contributed by atoms with van der Waals surface area (Å²) in [6, 6.07) is 19.3. The van der Waals surface area contributed by atoms with Gasteiger partial charge in [0.15, 0.2) is 0 Å². The van der Waals surface area contributed by atoms with Gasteiger partial charge < -0.3 is 10.2 Å². The van der Waals surface area contributed by atoms with Crippen LogP contribution in [0.1, 0.15) is 15.9 Å². The Morgan fingerprint density at radius 2 is 1.77 bits per heavy atom. The summed E-state index contributed by atoms with van der Waals surface area (Å²) in [4.78, 5) is 27.5. The van der Waals surface area contributed by atoms with E-state index in [2.05, 4.69) is 57.6 Å². The third-order valence-electron chi connectivity index (χ3n) is 5.65. The first-order valence-corrected chi connectivity index (χ1v) is 10.0. The first kappa shape index (κ1) is 19.8. The van der Waals surface area contributed by atoms with E-state index in [4.69, 9.17) is 0 Å². The summed E-state index contributed by atoms with van der Waals surface area (Å²) < 4.78 is 0. The second-order valence-corrected chi connectivity index (χ2v) is 7.44. The molecule has 0 radical (unpaired) electrons. The molecule has 1 fully saturated rings. The molecule has 154 valence electrons. The van der Waals surface area contributed by atoms with Gasteiger partial charge in [-0.3, -0.25) is 19.8 Å². The average Bonchev–Trinajstić information content (AvgIpc) is 2.79. The number of nitrogens with one attached hydrogen (secondary N) is 1. The second kappa shape index (κ2) is 8.51. The number of non-ortho nitro benzene ring substituents is 1. The Bertz CT molecular complexity index is 1090. The zero-order valence-corrected chi connectivity index (χ0v) is 16.9.